The van der Waals surface area contributed by atoms with Crippen LogP contribution in [0, 0.1) is 10.1 Å². The van der Waals surface area contributed by atoms with Gasteiger partial charge in [-0.1, -0.05) is 0 Å². The molecule has 0 spiro atoms. The van der Waals surface area contributed by atoms with Gasteiger partial charge in [-0.25, -0.2) is 9.51 Å². The SMILES string of the molecule is O=[N+]([O-])c1ccc(S(=O)(=O)Nn2cnnc2)cc1. The molecule has 0 bridgehead atoms. The molecule has 1 aromatic carbocycles. The molecule has 1 N–H and O–H groups in total. The van der Waals surface area contributed by atoms with Crippen LogP contribution in [0.15, 0.2) is 41.8 Å². The molecule has 0 aliphatic rings. The van der Waals surface area contributed by atoms with Crippen molar-refractivity contribution >= 4 is 15.7 Å². The highest BCUT2D eigenvalue weighted by Crippen LogP contribution is 2.15. The molecule has 0 unspecified atom stereocenters. The van der Waals surface area contributed by atoms with Crippen molar-refractivity contribution in [3.63, 3.8) is 0 Å². The number of nitro benzene ring substituents is 1. The largest absolute Gasteiger partial charge is 0.275 e. The maximum absolute atomic E-state index is 11.8. The van der Waals surface area contributed by atoms with Gasteiger partial charge in [0.1, 0.15) is 12.7 Å². The van der Waals surface area contributed by atoms with Gasteiger partial charge in [-0.15, -0.1) is 10.2 Å². The van der Waals surface area contributed by atoms with Gasteiger partial charge in [-0.3, -0.25) is 10.1 Å². The standard InChI is InChI=1S/C8H7N5O4S/c14-13(15)7-1-3-8(4-2-7)18(16,17)11-12-5-9-10-6-12/h1-6,11H. The van der Waals surface area contributed by atoms with E-state index in [1.54, 1.807) is 0 Å². The Bertz CT molecular complexity index is 649. The maximum Gasteiger partial charge on any atom is 0.275 e. The minimum Gasteiger partial charge on any atom is -0.258 e. The Labute approximate surface area is 101 Å². The molecule has 0 radical (unpaired) electrons. The lowest BCUT2D eigenvalue weighted by atomic mass is 10.3. The molecule has 10 heteroatoms. The summed E-state index contributed by atoms with van der Waals surface area (Å²) in [6, 6.07) is 4.51. The van der Waals surface area contributed by atoms with E-state index in [2.05, 4.69) is 15.0 Å². The minimum atomic E-state index is -3.82. The lowest BCUT2D eigenvalue weighted by Crippen LogP contribution is -2.21. The minimum absolute atomic E-state index is 0.0956. The van der Waals surface area contributed by atoms with Gasteiger partial charge in [0.2, 0.25) is 0 Å². The number of rotatable bonds is 4. The molecule has 0 amide bonds. The first kappa shape index (κ1) is 12.0. The van der Waals surface area contributed by atoms with E-state index in [0.29, 0.717) is 0 Å². The normalized spacial score (nSPS) is 11.1. The van der Waals surface area contributed by atoms with E-state index in [4.69, 9.17) is 0 Å². The van der Waals surface area contributed by atoms with Crippen LogP contribution in [0.1, 0.15) is 0 Å². The molecule has 18 heavy (non-hydrogen) atoms. The quantitative estimate of drug-likeness (QED) is 0.621. The van der Waals surface area contributed by atoms with Crippen molar-refractivity contribution in [2.75, 3.05) is 4.83 Å². The zero-order chi connectivity index (χ0) is 13.2. The van der Waals surface area contributed by atoms with E-state index < -0.39 is 14.9 Å². The first-order valence-corrected chi connectivity index (χ1v) is 6.09. The van der Waals surface area contributed by atoms with Crippen LogP contribution in [0.4, 0.5) is 5.69 Å². The molecule has 0 aliphatic heterocycles. The van der Waals surface area contributed by atoms with Crippen molar-refractivity contribution < 1.29 is 13.3 Å². The van der Waals surface area contributed by atoms with Crippen LogP contribution in [0.3, 0.4) is 0 Å². The van der Waals surface area contributed by atoms with E-state index in [0.717, 1.165) is 28.9 Å². The Morgan fingerprint density at radius 1 is 1.17 bits per heavy atom. The lowest BCUT2D eigenvalue weighted by Gasteiger charge is -2.06. The van der Waals surface area contributed by atoms with Gasteiger partial charge >= 0.3 is 0 Å². The van der Waals surface area contributed by atoms with Crippen molar-refractivity contribution in [2.45, 2.75) is 4.90 Å². The predicted molar refractivity (Wildman–Crippen MR) is 59.7 cm³/mol. The van der Waals surface area contributed by atoms with Gasteiger partial charge in [0, 0.05) is 12.1 Å². The molecular formula is C8H7N5O4S. The van der Waals surface area contributed by atoms with E-state index in [9.17, 15) is 18.5 Å². The topological polar surface area (TPSA) is 120 Å². The highest BCUT2D eigenvalue weighted by Gasteiger charge is 2.15. The summed E-state index contributed by atoms with van der Waals surface area (Å²) in [5, 5.41) is 17.3. The van der Waals surface area contributed by atoms with Crippen molar-refractivity contribution in [3.8, 4) is 0 Å². The molecule has 0 saturated heterocycles. The highest BCUT2D eigenvalue weighted by atomic mass is 32.2. The Balaban J connectivity index is 2.27. The number of non-ortho nitro benzene ring substituents is 1. The van der Waals surface area contributed by atoms with Gasteiger partial charge < -0.3 is 0 Å². The van der Waals surface area contributed by atoms with E-state index in [1.807, 2.05) is 0 Å². The molecule has 1 aromatic heterocycles. The first-order chi connectivity index (χ1) is 8.49. The van der Waals surface area contributed by atoms with Crippen molar-refractivity contribution in [3.05, 3.63) is 47.0 Å². The number of nitrogens with one attached hydrogen (secondary N) is 1. The van der Waals surface area contributed by atoms with Crippen LogP contribution >= 0.6 is 0 Å². The summed E-state index contributed by atoms with van der Waals surface area (Å²) in [6.45, 7) is 0. The zero-order valence-electron chi connectivity index (χ0n) is 8.79. The van der Waals surface area contributed by atoms with E-state index >= 15 is 0 Å². The fourth-order valence-electron chi connectivity index (χ4n) is 1.19. The van der Waals surface area contributed by atoms with Crippen LogP contribution in [-0.4, -0.2) is 28.2 Å². The average Bonchev–Trinajstić information content (AvgIpc) is 2.81. The Hall–Kier alpha value is -2.49. The van der Waals surface area contributed by atoms with Crippen LogP contribution in [0.2, 0.25) is 0 Å². The lowest BCUT2D eigenvalue weighted by molar-refractivity contribution is -0.384. The van der Waals surface area contributed by atoms with Gasteiger partial charge in [0.25, 0.3) is 15.7 Å². The summed E-state index contributed by atoms with van der Waals surface area (Å²) in [4.78, 5) is 11.9. The number of hydrogen-bond acceptors (Lipinski definition) is 6. The third-order valence-electron chi connectivity index (χ3n) is 2.00. The first-order valence-electron chi connectivity index (χ1n) is 4.61. The summed E-state index contributed by atoms with van der Waals surface area (Å²) in [6.07, 6.45) is 2.34. The molecule has 9 nitrogen and oxygen atoms in total. The summed E-state index contributed by atoms with van der Waals surface area (Å²) in [7, 11) is -3.82. The molecule has 0 saturated carbocycles. The summed E-state index contributed by atoms with van der Waals surface area (Å²) < 4.78 is 24.7. The number of hydrogen-bond donors (Lipinski definition) is 1. The Morgan fingerprint density at radius 3 is 2.22 bits per heavy atom. The highest BCUT2D eigenvalue weighted by molar-refractivity contribution is 7.92. The fourth-order valence-corrected chi connectivity index (χ4v) is 2.16. The van der Waals surface area contributed by atoms with Crippen molar-refractivity contribution in [1.29, 1.82) is 0 Å². The van der Waals surface area contributed by atoms with Gasteiger partial charge in [-0.2, -0.15) is 8.42 Å². The fraction of sp³-hybridized carbons (Fsp3) is 0. The molecule has 2 aromatic rings. The Kier molecular flexibility index (Phi) is 2.93. The summed E-state index contributed by atoms with van der Waals surface area (Å²) >= 11 is 0. The third kappa shape index (κ3) is 2.43. The molecule has 94 valence electrons. The smallest absolute Gasteiger partial charge is 0.258 e. The van der Waals surface area contributed by atoms with E-state index in [1.165, 1.54) is 12.7 Å². The van der Waals surface area contributed by atoms with Gasteiger partial charge in [0.15, 0.2) is 0 Å². The zero-order valence-corrected chi connectivity index (χ0v) is 9.61. The second-order valence-electron chi connectivity index (χ2n) is 3.21. The number of sulfonamides is 1. The van der Waals surface area contributed by atoms with Crippen molar-refractivity contribution in [2.24, 2.45) is 0 Å². The maximum atomic E-state index is 11.8. The number of benzene rings is 1. The molecular weight excluding hydrogens is 262 g/mol. The van der Waals surface area contributed by atoms with Crippen LogP contribution in [0.5, 0.6) is 0 Å². The molecule has 1 heterocycles. The van der Waals surface area contributed by atoms with Gasteiger partial charge in [0.05, 0.1) is 9.82 Å². The van der Waals surface area contributed by atoms with Crippen molar-refractivity contribution in [1.82, 2.24) is 14.9 Å². The molecule has 0 fully saturated rings. The van der Waals surface area contributed by atoms with Gasteiger partial charge in [-0.05, 0) is 12.1 Å². The second kappa shape index (κ2) is 4.41. The van der Waals surface area contributed by atoms with Crippen LogP contribution in [0.25, 0.3) is 0 Å². The van der Waals surface area contributed by atoms with E-state index in [-0.39, 0.29) is 10.6 Å². The molecule has 0 aliphatic carbocycles. The van der Waals surface area contributed by atoms with Crippen LogP contribution in [-0.2, 0) is 10.0 Å². The molecule has 2 rings (SSSR count). The number of nitro groups is 1. The molecule has 0 atom stereocenters. The Morgan fingerprint density at radius 2 is 1.72 bits per heavy atom. The monoisotopic (exact) mass is 269 g/mol. The predicted octanol–water partition coefficient (Wildman–Crippen LogP) is 0.119. The summed E-state index contributed by atoms with van der Waals surface area (Å²) in [5.41, 5.74) is -0.182. The average molecular weight is 269 g/mol. The second-order valence-corrected chi connectivity index (χ2v) is 4.88. The number of nitrogens with zero attached hydrogens (tertiary/aromatic N) is 4. The third-order valence-corrected chi connectivity index (χ3v) is 3.35. The number of aromatic nitrogens is 3. The van der Waals surface area contributed by atoms with Crippen LogP contribution < -0.4 is 4.83 Å². The summed E-state index contributed by atoms with van der Waals surface area (Å²) in [5.74, 6) is 0.